The monoisotopic (exact) mass is 437 g/mol. The van der Waals surface area contributed by atoms with Crippen molar-refractivity contribution in [2.24, 2.45) is 40.4 Å². The first-order valence-electron chi connectivity index (χ1n) is 12.8. The van der Waals surface area contributed by atoms with Crippen molar-refractivity contribution in [3.63, 3.8) is 0 Å². The molecule has 0 saturated heterocycles. The molecule has 4 aliphatic rings. The summed E-state index contributed by atoms with van der Waals surface area (Å²) < 4.78 is 1.65. The molecule has 4 saturated carbocycles. The van der Waals surface area contributed by atoms with E-state index in [9.17, 15) is 9.90 Å². The third-order valence-electron chi connectivity index (χ3n) is 10.8. The van der Waals surface area contributed by atoms with Gasteiger partial charge >= 0.3 is 0 Å². The number of hydrogen-bond donors (Lipinski definition) is 1. The van der Waals surface area contributed by atoms with Crippen molar-refractivity contribution in [1.29, 1.82) is 5.26 Å². The van der Waals surface area contributed by atoms with Crippen LogP contribution in [0, 0.1) is 51.8 Å². The van der Waals surface area contributed by atoms with E-state index in [1.54, 1.807) is 17.1 Å². The van der Waals surface area contributed by atoms with E-state index >= 15 is 0 Å². The number of nitriles is 1. The van der Waals surface area contributed by atoms with E-state index in [0.29, 0.717) is 22.7 Å². The highest BCUT2D eigenvalue weighted by molar-refractivity contribution is 5.82. The van der Waals surface area contributed by atoms with E-state index in [4.69, 9.17) is 5.26 Å². The lowest BCUT2D eigenvalue weighted by Crippen LogP contribution is -2.52. The van der Waals surface area contributed by atoms with Gasteiger partial charge in [0.25, 0.3) is 0 Å². The van der Waals surface area contributed by atoms with Crippen LogP contribution in [0.15, 0.2) is 12.4 Å². The minimum absolute atomic E-state index is 0.100. The normalized spacial score (nSPS) is 45.8. The van der Waals surface area contributed by atoms with Gasteiger partial charge in [-0.15, -0.1) is 0 Å². The van der Waals surface area contributed by atoms with E-state index in [1.807, 2.05) is 6.92 Å². The molecule has 5 rings (SSSR count). The lowest BCUT2D eigenvalue weighted by molar-refractivity contribution is -0.134. The van der Waals surface area contributed by atoms with E-state index in [1.165, 1.54) is 32.1 Å². The summed E-state index contributed by atoms with van der Waals surface area (Å²) in [7, 11) is 0. The summed E-state index contributed by atoms with van der Waals surface area (Å²) in [6.45, 7) is 7.27. The number of aliphatic hydroxyl groups is 1. The van der Waals surface area contributed by atoms with Gasteiger partial charge < -0.3 is 5.11 Å². The SMILES string of the molecule is C[C@@]1(O)CC[C@@H]2CC[C@@H]3[C@H](CC[C@]4(C)[C@@H](C(=O)Cn5cc(C#N)cn5)CC[C@@H]34)[C@@]2(C)CC1. The van der Waals surface area contributed by atoms with Crippen molar-refractivity contribution in [1.82, 2.24) is 9.78 Å². The minimum Gasteiger partial charge on any atom is -0.390 e. The zero-order valence-corrected chi connectivity index (χ0v) is 20.0. The molecule has 0 unspecified atom stereocenters. The highest BCUT2D eigenvalue weighted by Crippen LogP contribution is 2.67. The van der Waals surface area contributed by atoms with Crippen LogP contribution in [0.3, 0.4) is 0 Å². The van der Waals surface area contributed by atoms with Crippen LogP contribution < -0.4 is 0 Å². The molecule has 8 atom stereocenters. The van der Waals surface area contributed by atoms with Gasteiger partial charge in [0, 0.05) is 12.1 Å². The number of carbonyl (C=O) groups is 1. The maximum atomic E-state index is 13.4. The van der Waals surface area contributed by atoms with Crippen LogP contribution in [0.5, 0.6) is 0 Å². The second-order valence-electron chi connectivity index (χ2n) is 12.4. The smallest absolute Gasteiger partial charge is 0.157 e. The molecular formula is C27H39N3O2. The zero-order chi connectivity index (χ0) is 22.7. The summed E-state index contributed by atoms with van der Waals surface area (Å²) in [6, 6.07) is 2.10. The predicted octanol–water partition coefficient (Wildman–Crippen LogP) is 5.12. The number of Topliss-reactive ketones (excluding diaryl/α,β-unsaturated/α-hetero) is 1. The topological polar surface area (TPSA) is 78.9 Å². The Morgan fingerprint density at radius 3 is 2.59 bits per heavy atom. The Bertz CT molecular complexity index is 930. The number of rotatable bonds is 3. The minimum atomic E-state index is -0.498. The van der Waals surface area contributed by atoms with Crippen molar-refractivity contribution < 1.29 is 9.90 Å². The third-order valence-corrected chi connectivity index (χ3v) is 10.8. The van der Waals surface area contributed by atoms with Gasteiger partial charge in [0.15, 0.2) is 5.78 Å². The molecule has 4 aliphatic carbocycles. The van der Waals surface area contributed by atoms with Gasteiger partial charge in [0.1, 0.15) is 6.07 Å². The summed E-state index contributed by atoms with van der Waals surface area (Å²) in [6.07, 6.45) is 14.6. The molecule has 0 amide bonds. The van der Waals surface area contributed by atoms with Gasteiger partial charge in [0.2, 0.25) is 0 Å². The molecule has 32 heavy (non-hydrogen) atoms. The second kappa shape index (κ2) is 7.69. The molecule has 1 aromatic rings. The molecule has 1 N–H and O–H groups in total. The Kier molecular flexibility index (Phi) is 5.32. The Morgan fingerprint density at radius 1 is 1.06 bits per heavy atom. The highest BCUT2D eigenvalue weighted by Gasteiger charge is 2.60. The fourth-order valence-corrected chi connectivity index (χ4v) is 8.85. The second-order valence-corrected chi connectivity index (χ2v) is 12.4. The van der Waals surface area contributed by atoms with Crippen LogP contribution in [-0.4, -0.2) is 26.3 Å². The van der Waals surface area contributed by atoms with E-state index in [-0.39, 0.29) is 17.9 Å². The van der Waals surface area contributed by atoms with Gasteiger partial charge in [-0.25, -0.2) is 0 Å². The molecule has 174 valence electrons. The van der Waals surface area contributed by atoms with Crippen LogP contribution in [0.25, 0.3) is 0 Å². The molecule has 4 fully saturated rings. The average molecular weight is 438 g/mol. The summed E-state index contributed by atoms with van der Waals surface area (Å²) in [5.41, 5.74) is 0.460. The molecule has 5 nitrogen and oxygen atoms in total. The first kappa shape index (κ1) is 22.1. The summed E-state index contributed by atoms with van der Waals surface area (Å²) in [5, 5.41) is 24.0. The number of ketones is 1. The third kappa shape index (κ3) is 3.45. The maximum Gasteiger partial charge on any atom is 0.157 e. The van der Waals surface area contributed by atoms with Gasteiger partial charge in [-0.1, -0.05) is 13.8 Å². The highest BCUT2D eigenvalue weighted by atomic mass is 16.3. The summed E-state index contributed by atoms with van der Waals surface area (Å²) in [4.78, 5) is 13.4. The first-order valence-corrected chi connectivity index (χ1v) is 12.8. The number of nitrogens with zero attached hydrogens (tertiary/aromatic N) is 3. The van der Waals surface area contributed by atoms with Crippen LogP contribution in [0.4, 0.5) is 0 Å². The maximum absolute atomic E-state index is 13.4. The van der Waals surface area contributed by atoms with E-state index in [0.717, 1.165) is 49.9 Å². The van der Waals surface area contributed by atoms with Gasteiger partial charge in [-0.2, -0.15) is 10.4 Å². The summed E-state index contributed by atoms with van der Waals surface area (Å²) >= 11 is 0. The standard InChI is InChI=1S/C27H39N3O2/c1-25(32)10-8-19-4-5-20-21-6-7-23(24(31)17-30-16-18(14-28)15-29-30)27(21,3)11-9-22(20)26(19,2)13-12-25/h15-16,19-23,32H,4-13,17H2,1-3H3/t19-,20-,21-,22-,23+,25+,26-,27-/m0/s1. The quantitative estimate of drug-likeness (QED) is 0.711. The Hall–Kier alpha value is -1.67. The van der Waals surface area contributed by atoms with Crippen LogP contribution >= 0.6 is 0 Å². The van der Waals surface area contributed by atoms with Crippen LogP contribution in [-0.2, 0) is 11.3 Å². The number of aromatic nitrogens is 2. The molecule has 5 heteroatoms. The summed E-state index contributed by atoms with van der Waals surface area (Å²) in [5.74, 6) is 3.27. The number of carbonyl (C=O) groups excluding carboxylic acids is 1. The van der Waals surface area contributed by atoms with E-state index < -0.39 is 5.60 Å². The van der Waals surface area contributed by atoms with Crippen molar-refractivity contribution in [2.45, 2.75) is 97.1 Å². The van der Waals surface area contributed by atoms with Gasteiger partial charge in [0.05, 0.1) is 23.9 Å². The molecule has 0 aromatic carbocycles. The van der Waals surface area contributed by atoms with Crippen molar-refractivity contribution >= 4 is 5.78 Å². The van der Waals surface area contributed by atoms with Crippen LogP contribution in [0.2, 0.25) is 0 Å². The first-order chi connectivity index (χ1) is 15.2. The largest absolute Gasteiger partial charge is 0.390 e. The molecule has 0 aliphatic heterocycles. The molecule has 0 radical (unpaired) electrons. The van der Waals surface area contributed by atoms with E-state index in [2.05, 4.69) is 25.0 Å². The lowest BCUT2D eigenvalue weighted by atomic mass is 9.46. The Morgan fingerprint density at radius 2 is 1.84 bits per heavy atom. The predicted molar refractivity (Wildman–Crippen MR) is 122 cm³/mol. The molecule has 0 spiro atoms. The Balaban J connectivity index is 1.34. The molecule has 1 heterocycles. The lowest BCUT2D eigenvalue weighted by Gasteiger charge is -2.59. The van der Waals surface area contributed by atoms with Crippen molar-refractivity contribution in [3.05, 3.63) is 18.0 Å². The fraction of sp³-hybridized carbons (Fsp3) is 0.815. The van der Waals surface area contributed by atoms with Crippen LogP contribution in [0.1, 0.15) is 90.5 Å². The van der Waals surface area contributed by atoms with Crippen molar-refractivity contribution in [3.8, 4) is 6.07 Å². The molecular weight excluding hydrogens is 398 g/mol. The fourth-order valence-electron chi connectivity index (χ4n) is 8.85. The van der Waals surface area contributed by atoms with Gasteiger partial charge in [-0.05, 0) is 106 Å². The van der Waals surface area contributed by atoms with Crippen molar-refractivity contribution in [2.75, 3.05) is 0 Å². The molecule has 0 bridgehead atoms. The average Bonchev–Trinajstić information content (AvgIpc) is 3.32. The van der Waals surface area contributed by atoms with Gasteiger partial charge in [-0.3, -0.25) is 9.48 Å². The molecule has 1 aromatic heterocycles. The Labute approximate surface area is 192 Å². The number of hydrogen-bond acceptors (Lipinski definition) is 4. The number of fused-ring (bicyclic) bond motifs is 5. The zero-order valence-electron chi connectivity index (χ0n) is 20.0.